The van der Waals surface area contributed by atoms with Crippen molar-refractivity contribution in [1.82, 2.24) is 0 Å². The Kier molecular flexibility index (Phi) is 19.2. The van der Waals surface area contributed by atoms with Gasteiger partial charge in [-0.3, -0.25) is 4.79 Å². The number of aliphatic hydroxyl groups is 2. The Morgan fingerprint density at radius 2 is 1.19 bits per heavy atom. The predicted octanol–water partition coefficient (Wildman–Crippen LogP) is 5.71. The second kappa shape index (κ2) is 19.4. The van der Waals surface area contributed by atoms with Crippen LogP contribution in [0.1, 0.15) is 110 Å². The fourth-order valence-electron chi connectivity index (χ4n) is 3.05. The molecule has 0 aromatic rings. The SMILES string of the molecule is CCCCCCCCCCCCCCCCCC(=O)OC(CO)C(O)Cl. The van der Waals surface area contributed by atoms with Gasteiger partial charge in [-0.25, -0.2) is 0 Å². The summed E-state index contributed by atoms with van der Waals surface area (Å²) in [5.74, 6) is -0.404. The number of halogens is 1. The number of rotatable bonds is 19. The zero-order valence-electron chi connectivity index (χ0n) is 16.8. The van der Waals surface area contributed by atoms with E-state index in [2.05, 4.69) is 6.92 Å². The van der Waals surface area contributed by atoms with Gasteiger partial charge in [0.1, 0.15) is 0 Å². The Morgan fingerprint density at radius 1 is 0.808 bits per heavy atom. The topological polar surface area (TPSA) is 66.8 Å². The molecule has 26 heavy (non-hydrogen) atoms. The molecule has 2 unspecified atom stereocenters. The molecule has 0 aliphatic heterocycles. The van der Waals surface area contributed by atoms with Crippen molar-refractivity contribution in [2.24, 2.45) is 0 Å². The summed E-state index contributed by atoms with van der Waals surface area (Å²) in [6, 6.07) is 0. The van der Waals surface area contributed by atoms with Crippen molar-refractivity contribution >= 4 is 17.6 Å². The average molecular weight is 393 g/mol. The van der Waals surface area contributed by atoms with Crippen molar-refractivity contribution in [1.29, 1.82) is 0 Å². The molecular formula is C21H41ClO4. The second-order valence-corrected chi connectivity index (χ2v) is 7.73. The lowest BCUT2D eigenvalue weighted by Crippen LogP contribution is -2.30. The van der Waals surface area contributed by atoms with Crippen molar-refractivity contribution in [3.8, 4) is 0 Å². The molecule has 4 nitrogen and oxygen atoms in total. The first-order valence-corrected chi connectivity index (χ1v) is 11.2. The van der Waals surface area contributed by atoms with E-state index in [9.17, 15) is 4.79 Å². The summed E-state index contributed by atoms with van der Waals surface area (Å²) < 4.78 is 4.91. The minimum atomic E-state index is -1.36. The Balaban J connectivity index is 3.25. The van der Waals surface area contributed by atoms with Gasteiger partial charge in [0.05, 0.1) is 6.61 Å². The Morgan fingerprint density at radius 3 is 1.54 bits per heavy atom. The summed E-state index contributed by atoms with van der Waals surface area (Å²) >= 11 is 5.40. The highest BCUT2D eigenvalue weighted by atomic mass is 35.5. The van der Waals surface area contributed by atoms with Crippen molar-refractivity contribution in [3.05, 3.63) is 0 Å². The smallest absolute Gasteiger partial charge is 0.306 e. The fraction of sp³-hybridized carbons (Fsp3) is 0.952. The number of carbonyl (C=O) groups is 1. The zero-order chi connectivity index (χ0) is 19.5. The minimum absolute atomic E-state index is 0.318. The third-order valence-electron chi connectivity index (χ3n) is 4.75. The molecule has 0 saturated carbocycles. The molecule has 0 fully saturated rings. The number of alkyl halides is 1. The molecule has 0 spiro atoms. The Bertz CT molecular complexity index is 310. The van der Waals surface area contributed by atoms with E-state index in [-0.39, 0.29) is 0 Å². The first kappa shape index (κ1) is 25.7. The highest BCUT2D eigenvalue weighted by Gasteiger charge is 2.19. The molecule has 0 rings (SSSR count). The molecule has 156 valence electrons. The van der Waals surface area contributed by atoms with E-state index in [1.807, 2.05) is 0 Å². The van der Waals surface area contributed by atoms with Gasteiger partial charge in [-0.05, 0) is 6.42 Å². The molecule has 0 aromatic heterocycles. The number of aliphatic hydroxyl groups excluding tert-OH is 2. The number of carbonyl (C=O) groups excluding carboxylic acids is 1. The van der Waals surface area contributed by atoms with Gasteiger partial charge in [-0.1, -0.05) is 108 Å². The van der Waals surface area contributed by atoms with Gasteiger partial charge in [0.25, 0.3) is 0 Å². The van der Waals surface area contributed by atoms with Gasteiger partial charge in [0.15, 0.2) is 11.7 Å². The average Bonchev–Trinajstić information content (AvgIpc) is 2.62. The quantitative estimate of drug-likeness (QED) is 0.168. The van der Waals surface area contributed by atoms with Gasteiger partial charge in [-0.2, -0.15) is 0 Å². The lowest BCUT2D eigenvalue weighted by atomic mass is 10.0. The summed E-state index contributed by atoms with van der Waals surface area (Å²) in [4.78, 5) is 11.5. The van der Waals surface area contributed by atoms with Crippen LogP contribution in [0.2, 0.25) is 0 Å². The maximum absolute atomic E-state index is 11.5. The lowest BCUT2D eigenvalue weighted by Gasteiger charge is -2.16. The molecule has 5 heteroatoms. The Labute approximate surface area is 165 Å². The van der Waals surface area contributed by atoms with E-state index in [1.54, 1.807) is 0 Å². The molecule has 0 heterocycles. The van der Waals surface area contributed by atoms with Gasteiger partial charge in [-0.15, -0.1) is 0 Å². The minimum Gasteiger partial charge on any atom is -0.456 e. The van der Waals surface area contributed by atoms with Crippen molar-refractivity contribution < 1.29 is 19.7 Å². The highest BCUT2D eigenvalue weighted by Crippen LogP contribution is 2.14. The van der Waals surface area contributed by atoms with Crippen LogP contribution in [0.4, 0.5) is 0 Å². The van der Waals surface area contributed by atoms with Crippen LogP contribution in [0, 0.1) is 0 Å². The Hall–Kier alpha value is -0.320. The summed E-state index contributed by atoms with van der Waals surface area (Å²) in [7, 11) is 0. The van der Waals surface area contributed by atoms with Crippen molar-refractivity contribution in [3.63, 3.8) is 0 Å². The van der Waals surface area contributed by atoms with E-state index in [1.165, 1.54) is 77.0 Å². The molecule has 0 bridgehead atoms. The van der Waals surface area contributed by atoms with Crippen LogP contribution in [0.15, 0.2) is 0 Å². The summed E-state index contributed by atoms with van der Waals surface area (Å²) in [6.45, 7) is 1.80. The number of unbranched alkanes of at least 4 members (excludes halogenated alkanes) is 14. The summed E-state index contributed by atoms with van der Waals surface area (Å²) in [5.41, 5.74) is -1.36. The summed E-state index contributed by atoms with van der Waals surface area (Å²) in [5, 5.41) is 18.0. The van der Waals surface area contributed by atoms with E-state index in [4.69, 9.17) is 26.6 Å². The van der Waals surface area contributed by atoms with Crippen LogP contribution >= 0.6 is 11.6 Å². The molecular weight excluding hydrogens is 352 g/mol. The number of hydrogen-bond acceptors (Lipinski definition) is 4. The van der Waals surface area contributed by atoms with Crippen LogP contribution < -0.4 is 0 Å². The van der Waals surface area contributed by atoms with Crippen LogP contribution in [0.5, 0.6) is 0 Å². The molecule has 2 N–H and O–H groups in total. The standard InChI is InChI=1S/C21H41ClO4/c1-2-3-4-5-6-7-8-9-10-11-12-13-14-15-16-17-20(24)26-19(18-23)21(22)25/h19,21,23,25H,2-18H2,1H3. The molecule has 0 saturated heterocycles. The first-order chi connectivity index (χ1) is 12.6. The molecule has 0 amide bonds. The van der Waals surface area contributed by atoms with Crippen molar-refractivity contribution in [2.75, 3.05) is 6.61 Å². The molecule has 2 atom stereocenters. The van der Waals surface area contributed by atoms with Crippen LogP contribution in [0.25, 0.3) is 0 Å². The van der Waals surface area contributed by atoms with E-state index < -0.39 is 24.2 Å². The predicted molar refractivity (Wildman–Crippen MR) is 108 cm³/mol. The third kappa shape index (κ3) is 17.1. The molecule has 0 aromatic carbocycles. The molecule has 0 radical (unpaired) electrons. The maximum atomic E-state index is 11.5. The lowest BCUT2D eigenvalue weighted by molar-refractivity contribution is -0.155. The van der Waals surface area contributed by atoms with Gasteiger partial charge in [0.2, 0.25) is 0 Å². The van der Waals surface area contributed by atoms with Crippen LogP contribution in [0.3, 0.4) is 0 Å². The van der Waals surface area contributed by atoms with E-state index in [0.29, 0.717) is 6.42 Å². The summed E-state index contributed by atoms with van der Waals surface area (Å²) in [6.07, 6.45) is 18.5. The van der Waals surface area contributed by atoms with Crippen LogP contribution in [-0.4, -0.2) is 34.5 Å². The second-order valence-electron chi connectivity index (χ2n) is 7.28. The number of hydrogen-bond donors (Lipinski definition) is 2. The van der Waals surface area contributed by atoms with Gasteiger partial charge in [0, 0.05) is 6.42 Å². The number of ether oxygens (including phenoxy) is 1. The highest BCUT2D eigenvalue weighted by molar-refractivity contribution is 6.19. The van der Waals surface area contributed by atoms with E-state index >= 15 is 0 Å². The maximum Gasteiger partial charge on any atom is 0.306 e. The van der Waals surface area contributed by atoms with Gasteiger partial charge < -0.3 is 14.9 Å². The molecule has 0 aliphatic carbocycles. The normalized spacial score (nSPS) is 13.5. The van der Waals surface area contributed by atoms with E-state index in [0.717, 1.165) is 19.3 Å². The van der Waals surface area contributed by atoms with Gasteiger partial charge >= 0.3 is 5.97 Å². The van der Waals surface area contributed by atoms with Crippen LogP contribution in [-0.2, 0) is 9.53 Å². The monoisotopic (exact) mass is 392 g/mol. The zero-order valence-corrected chi connectivity index (χ0v) is 17.5. The third-order valence-corrected chi connectivity index (χ3v) is 5.04. The largest absolute Gasteiger partial charge is 0.456 e. The van der Waals surface area contributed by atoms with Crippen molar-refractivity contribution in [2.45, 2.75) is 121 Å². The first-order valence-electron chi connectivity index (χ1n) is 10.7. The number of esters is 1. The molecule has 0 aliphatic rings. The fourth-order valence-corrected chi connectivity index (χ4v) is 3.18.